The molecule has 0 aliphatic rings. The molecule has 0 aromatic heterocycles. The second-order valence-corrected chi connectivity index (χ2v) is 8.61. The van der Waals surface area contributed by atoms with Crippen LogP contribution in [-0.4, -0.2) is 47.1 Å². The van der Waals surface area contributed by atoms with Crippen molar-refractivity contribution in [3.8, 4) is 23.0 Å². The van der Waals surface area contributed by atoms with Gasteiger partial charge in [0, 0.05) is 29.2 Å². The summed E-state index contributed by atoms with van der Waals surface area (Å²) in [5, 5.41) is 20.8. The van der Waals surface area contributed by atoms with E-state index in [2.05, 4.69) is 0 Å². The molecule has 0 fully saturated rings. The number of rotatable bonds is 11. The Morgan fingerprint density at radius 2 is 1.03 bits per heavy atom. The molecule has 4 rings (SSSR count). The van der Waals surface area contributed by atoms with Crippen LogP contribution in [0.2, 0.25) is 0 Å². The van der Waals surface area contributed by atoms with Crippen molar-refractivity contribution in [1.29, 1.82) is 0 Å². The lowest BCUT2D eigenvalue weighted by Crippen LogP contribution is -2.30. The van der Waals surface area contributed by atoms with Crippen LogP contribution in [0, 0.1) is 0 Å². The molecule has 4 aromatic carbocycles. The maximum Gasteiger partial charge on any atom is 0.303 e. The lowest BCUT2D eigenvalue weighted by atomic mass is 10.0. The number of phenols is 2. The highest BCUT2D eigenvalue weighted by atomic mass is 16.6. The van der Waals surface area contributed by atoms with Crippen LogP contribution in [0.5, 0.6) is 23.0 Å². The van der Waals surface area contributed by atoms with Crippen LogP contribution < -0.4 is 9.47 Å². The second-order valence-electron chi connectivity index (χ2n) is 8.61. The molecule has 0 radical (unpaired) electrons. The Morgan fingerprint density at radius 1 is 0.615 bits per heavy atom. The average Bonchev–Trinajstić information content (AvgIpc) is 2.95. The van der Waals surface area contributed by atoms with Gasteiger partial charge in [-0.25, -0.2) is 0 Å². The Kier molecular flexibility index (Phi) is 8.58. The molecule has 0 aliphatic carbocycles. The third-order valence-corrected chi connectivity index (χ3v) is 5.70. The summed E-state index contributed by atoms with van der Waals surface area (Å²) in [6.45, 7) is 0.880. The minimum atomic E-state index is -0.891. The van der Waals surface area contributed by atoms with Gasteiger partial charge in [0.05, 0.1) is 0 Å². The Hall–Kier alpha value is -5.11. The average molecular weight is 527 g/mol. The predicted molar refractivity (Wildman–Crippen MR) is 143 cm³/mol. The fourth-order valence-corrected chi connectivity index (χ4v) is 3.79. The lowest BCUT2D eigenvalue weighted by molar-refractivity contribution is -0.149. The number of benzene rings is 4. The number of aromatic hydroxyl groups is 2. The highest BCUT2D eigenvalue weighted by molar-refractivity contribution is 6.09. The standard InChI is InChI=1S/C31H26O8/c1-20(32)39-25(18-37-28-14-12-23(16-26(28)33)30(35)21-8-4-2-5-9-21)19-38-29-15-13-24(17-27(29)34)31(36)22-10-6-3-7-11-22/h2-17,25,33-34H,18-19H2,1H3. The molecule has 4 aromatic rings. The highest BCUT2D eigenvalue weighted by Gasteiger charge is 2.19. The van der Waals surface area contributed by atoms with Crippen LogP contribution in [0.1, 0.15) is 38.8 Å². The largest absolute Gasteiger partial charge is 0.504 e. The zero-order valence-electron chi connectivity index (χ0n) is 21.1. The summed E-state index contributed by atoms with van der Waals surface area (Å²) in [5.41, 5.74) is 1.54. The van der Waals surface area contributed by atoms with Crippen LogP contribution in [-0.2, 0) is 9.53 Å². The van der Waals surface area contributed by atoms with E-state index in [0.29, 0.717) is 11.1 Å². The molecule has 8 nitrogen and oxygen atoms in total. The molecule has 39 heavy (non-hydrogen) atoms. The van der Waals surface area contributed by atoms with Crippen molar-refractivity contribution in [3.05, 3.63) is 119 Å². The van der Waals surface area contributed by atoms with Crippen molar-refractivity contribution < 1.29 is 38.8 Å². The molecular formula is C31H26O8. The topological polar surface area (TPSA) is 119 Å². The maximum atomic E-state index is 12.6. The van der Waals surface area contributed by atoms with Crippen LogP contribution in [0.25, 0.3) is 0 Å². The van der Waals surface area contributed by atoms with Crippen LogP contribution >= 0.6 is 0 Å². The van der Waals surface area contributed by atoms with E-state index in [0.717, 1.165) is 0 Å². The highest BCUT2D eigenvalue weighted by Crippen LogP contribution is 2.30. The Balaban J connectivity index is 1.39. The first-order valence-corrected chi connectivity index (χ1v) is 12.1. The van der Waals surface area contributed by atoms with E-state index in [9.17, 15) is 24.6 Å². The molecule has 8 heteroatoms. The molecule has 0 saturated heterocycles. The number of ketones is 2. The molecule has 0 spiro atoms. The van der Waals surface area contributed by atoms with Gasteiger partial charge in [-0.05, 0) is 36.4 Å². The third kappa shape index (κ3) is 7.01. The first-order valence-electron chi connectivity index (χ1n) is 12.1. The number of hydrogen-bond donors (Lipinski definition) is 2. The van der Waals surface area contributed by atoms with Crippen LogP contribution in [0.15, 0.2) is 97.1 Å². The molecule has 0 saturated carbocycles. The van der Waals surface area contributed by atoms with Gasteiger partial charge >= 0.3 is 5.97 Å². The van der Waals surface area contributed by atoms with Gasteiger partial charge in [0.15, 0.2) is 40.7 Å². The van der Waals surface area contributed by atoms with Crippen LogP contribution in [0.3, 0.4) is 0 Å². The fraction of sp³-hybridized carbons (Fsp3) is 0.129. The van der Waals surface area contributed by atoms with Gasteiger partial charge < -0.3 is 24.4 Å². The van der Waals surface area contributed by atoms with Crippen LogP contribution in [0.4, 0.5) is 0 Å². The Bertz CT molecular complexity index is 1360. The van der Waals surface area contributed by atoms with E-state index in [1.54, 1.807) is 60.7 Å². The number of carbonyl (C=O) groups excluding carboxylic acids is 3. The quantitative estimate of drug-likeness (QED) is 0.208. The molecule has 0 aliphatic heterocycles. The SMILES string of the molecule is CC(=O)OC(COc1ccc(C(=O)c2ccccc2)cc1O)COc1ccc(C(=O)c2ccccc2)cc1O. The smallest absolute Gasteiger partial charge is 0.303 e. The van der Waals surface area contributed by atoms with Gasteiger partial charge in [-0.1, -0.05) is 60.7 Å². The van der Waals surface area contributed by atoms with Crippen molar-refractivity contribution in [2.45, 2.75) is 13.0 Å². The Morgan fingerprint density at radius 3 is 1.38 bits per heavy atom. The zero-order chi connectivity index (χ0) is 27.8. The van der Waals surface area contributed by atoms with Gasteiger partial charge in [0.1, 0.15) is 13.2 Å². The minimum Gasteiger partial charge on any atom is -0.504 e. The number of carbonyl (C=O) groups is 3. The van der Waals surface area contributed by atoms with E-state index in [4.69, 9.17) is 14.2 Å². The van der Waals surface area contributed by atoms with Crippen molar-refractivity contribution in [2.24, 2.45) is 0 Å². The first-order chi connectivity index (χ1) is 18.8. The van der Waals surface area contributed by atoms with E-state index in [-0.39, 0.29) is 58.9 Å². The van der Waals surface area contributed by atoms with E-state index < -0.39 is 12.1 Å². The summed E-state index contributed by atoms with van der Waals surface area (Å²) in [4.78, 5) is 36.8. The number of hydrogen-bond acceptors (Lipinski definition) is 8. The second kappa shape index (κ2) is 12.4. The van der Waals surface area contributed by atoms with Crippen molar-refractivity contribution in [2.75, 3.05) is 13.2 Å². The zero-order valence-corrected chi connectivity index (χ0v) is 21.1. The molecular weight excluding hydrogens is 500 g/mol. The summed E-state index contributed by atoms with van der Waals surface area (Å²) in [6, 6.07) is 25.9. The molecule has 0 amide bonds. The van der Waals surface area contributed by atoms with Crippen molar-refractivity contribution >= 4 is 17.5 Å². The van der Waals surface area contributed by atoms with Gasteiger partial charge in [0.2, 0.25) is 0 Å². The summed E-state index contributed by atoms with van der Waals surface area (Å²) in [6.07, 6.45) is -0.891. The number of phenolic OH excluding ortho intramolecular Hbond substituents is 2. The molecule has 0 bridgehead atoms. The monoisotopic (exact) mass is 526 g/mol. The number of ether oxygens (including phenoxy) is 3. The van der Waals surface area contributed by atoms with Gasteiger partial charge in [-0.2, -0.15) is 0 Å². The van der Waals surface area contributed by atoms with Gasteiger partial charge in [-0.3, -0.25) is 14.4 Å². The van der Waals surface area contributed by atoms with E-state index in [1.165, 1.54) is 43.3 Å². The predicted octanol–water partition coefficient (Wildman–Crippen LogP) is 4.95. The summed E-state index contributed by atoms with van der Waals surface area (Å²) in [7, 11) is 0. The van der Waals surface area contributed by atoms with E-state index in [1.807, 2.05) is 0 Å². The van der Waals surface area contributed by atoms with Crippen molar-refractivity contribution in [3.63, 3.8) is 0 Å². The van der Waals surface area contributed by atoms with Gasteiger partial charge in [-0.15, -0.1) is 0 Å². The fourth-order valence-electron chi connectivity index (χ4n) is 3.79. The summed E-state index contributed by atoms with van der Waals surface area (Å²) < 4.78 is 16.5. The number of esters is 1. The third-order valence-electron chi connectivity index (χ3n) is 5.70. The van der Waals surface area contributed by atoms with E-state index >= 15 is 0 Å². The molecule has 198 valence electrons. The molecule has 0 heterocycles. The van der Waals surface area contributed by atoms with Gasteiger partial charge in [0.25, 0.3) is 0 Å². The first kappa shape index (κ1) is 26.9. The maximum absolute atomic E-state index is 12.6. The minimum absolute atomic E-state index is 0.0865. The normalized spacial score (nSPS) is 10.6. The van der Waals surface area contributed by atoms with Crippen molar-refractivity contribution in [1.82, 2.24) is 0 Å². The summed E-state index contributed by atoms with van der Waals surface area (Å²) in [5.74, 6) is -1.41. The summed E-state index contributed by atoms with van der Waals surface area (Å²) >= 11 is 0. The Labute approximate surface area is 225 Å². The molecule has 0 atom stereocenters. The lowest BCUT2D eigenvalue weighted by Gasteiger charge is -2.19. The molecule has 2 N–H and O–H groups in total. The molecule has 0 unspecified atom stereocenters.